The van der Waals surface area contributed by atoms with Crippen LogP contribution in [0.5, 0.6) is 0 Å². The van der Waals surface area contributed by atoms with Crippen molar-refractivity contribution in [3.05, 3.63) is 65.2 Å². The van der Waals surface area contributed by atoms with Crippen molar-refractivity contribution in [1.29, 1.82) is 0 Å². The first-order valence-corrected chi connectivity index (χ1v) is 4.83. The van der Waals surface area contributed by atoms with Crippen molar-refractivity contribution in [2.75, 3.05) is 0 Å². The third-order valence-electron chi connectivity index (χ3n) is 1.84. The van der Waals surface area contributed by atoms with E-state index in [0.717, 1.165) is 16.2 Å². The molecule has 0 heterocycles. The number of hydrogen-bond donors (Lipinski definition) is 0. The van der Waals surface area contributed by atoms with Gasteiger partial charge in [0, 0.05) is 5.02 Å². The van der Waals surface area contributed by atoms with Crippen LogP contribution in [0.2, 0.25) is 5.02 Å². The van der Waals surface area contributed by atoms with Crippen LogP contribution in [-0.4, -0.2) is 0 Å². The summed E-state index contributed by atoms with van der Waals surface area (Å²) >= 11 is 5.77. The maximum atomic E-state index is 5.77. The largest absolute Gasteiger partial charge is 0.0988 e. The Kier molecular flexibility index (Phi) is 4.21. The van der Waals surface area contributed by atoms with Gasteiger partial charge in [0.15, 0.2) is 0 Å². The van der Waals surface area contributed by atoms with Gasteiger partial charge >= 0.3 is 0 Å². The summed E-state index contributed by atoms with van der Waals surface area (Å²) in [4.78, 5) is 0. The topological polar surface area (TPSA) is 0 Å². The Balaban J connectivity index is 2.69. The minimum absolute atomic E-state index is 0.764. The van der Waals surface area contributed by atoms with Crippen LogP contribution in [0.1, 0.15) is 12.5 Å². The fourth-order valence-electron chi connectivity index (χ4n) is 0.953. The second-order valence-electron chi connectivity index (χ2n) is 3.03. The van der Waals surface area contributed by atoms with Crippen molar-refractivity contribution < 1.29 is 0 Å². The molecule has 0 saturated carbocycles. The number of hydrogen-bond acceptors (Lipinski definition) is 0. The molecule has 0 nitrogen and oxygen atoms in total. The van der Waals surface area contributed by atoms with Crippen LogP contribution in [0.4, 0.5) is 0 Å². The fourth-order valence-corrected chi connectivity index (χ4v) is 1.08. The predicted octanol–water partition coefficient (Wildman–Crippen LogP) is 4.49. The highest BCUT2D eigenvalue weighted by molar-refractivity contribution is 6.30. The van der Waals surface area contributed by atoms with Crippen LogP contribution >= 0.6 is 11.6 Å². The first-order valence-electron chi connectivity index (χ1n) is 4.45. The number of rotatable bonds is 3. The molecular weight excluding hydrogens is 192 g/mol. The van der Waals surface area contributed by atoms with Gasteiger partial charge in [0.1, 0.15) is 0 Å². The Bertz CT molecular complexity index is 355. The van der Waals surface area contributed by atoms with Crippen molar-refractivity contribution in [3.63, 3.8) is 0 Å². The molecule has 14 heavy (non-hydrogen) atoms. The van der Waals surface area contributed by atoms with E-state index in [-0.39, 0.29) is 0 Å². The summed E-state index contributed by atoms with van der Waals surface area (Å²) in [6, 6.07) is 7.72. The molecule has 1 aromatic carbocycles. The fraction of sp³-hybridized carbons (Fsp3) is 0.0769. The van der Waals surface area contributed by atoms with E-state index in [0.29, 0.717) is 0 Å². The maximum Gasteiger partial charge on any atom is 0.0406 e. The Labute approximate surface area is 90.2 Å². The lowest BCUT2D eigenvalue weighted by Crippen LogP contribution is -1.70. The van der Waals surface area contributed by atoms with E-state index in [9.17, 15) is 0 Å². The van der Waals surface area contributed by atoms with Crippen LogP contribution in [-0.2, 0) is 0 Å². The first-order chi connectivity index (χ1) is 6.72. The van der Waals surface area contributed by atoms with Gasteiger partial charge in [-0.15, -0.1) is 0 Å². The van der Waals surface area contributed by atoms with Crippen LogP contribution in [0.15, 0.2) is 54.6 Å². The van der Waals surface area contributed by atoms with Gasteiger partial charge in [0.05, 0.1) is 0 Å². The monoisotopic (exact) mass is 204 g/mol. The van der Waals surface area contributed by atoms with Gasteiger partial charge in [0.2, 0.25) is 0 Å². The lowest BCUT2D eigenvalue weighted by atomic mass is 10.2. The molecule has 0 aliphatic rings. The molecule has 0 saturated heterocycles. The second kappa shape index (κ2) is 5.46. The summed E-state index contributed by atoms with van der Waals surface area (Å²) < 4.78 is 0. The summed E-state index contributed by atoms with van der Waals surface area (Å²) in [6.07, 6.45) is 7.87. The van der Waals surface area contributed by atoms with Crippen molar-refractivity contribution in [3.8, 4) is 0 Å². The van der Waals surface area contributed by atoms with Crippen molar-refractivity contribution in [2.24, 2.45) is 0 Å². The molecule has 0 aliphatic heterocycles. The van der Waals surface area contributed by atoms with E-state index in [4.69, 9.17) is 11.6 Å². The van der Waals surface area contributed by atoms with Gasteiger partial charge in [-0.05, 0) is 24.6 Å². The Morgan fingerprint density at radius 1 is 1.29 bits per heavy atom. The van der Waals surface area contributed by atoms with Crippen LogP contribution < -0.4 is 0 Å². The van der Waals surface area contributed by atoms with E-state index < -0.39 is 0 Å². The third kappa shape index (κ3) is 3.63. The molecule has 0 bridgehead atoms. The summed E-state index contributed by atoms with van der Waals surface area (Å²) in [7, 11) is 0. The maximum absolute atomic E-state index is 5.77. The lowest BCUT2D eigenvalue weighted by Gasteiger charge is -1.92. The van der Waals surface area contributed by atoms with Crippen LogP contribution in [0.3, 0.4) is 0 Å². The molecule has 0 atom stereocenters. The average molecular weight is 205 g/mol. The number of halogens is 1. The number of allylic oxidation sites excluding steroid dienone is 4. The minimum Gasteiger partial charge on any atom is -0.0988 e. The quantitative estimate of drug-likeness (QED) is 0.637. The molecule has 72 valence electrons. The SMILES string of the molecule is C=C/C(C)=C\C=C\c1ccc(Cl)cc1. The highest BCUT2D eigenvalue weighted by atomic mass is 35.5. The van der Waals surface area contributed by atoms with Gasteiger partial charge < -0.3 is 0 Å². The molecule has 0 unspecified atom stereocenters. The molecule has 1 rings (SSSR count). The highest BCUT2D eigenvalue weighted by Crippen LogP contribution is 2.10. The Morgan fingerprint density at radius 3 is 2.50 bits per heavy atom. The summed E-state index contributed by atoms with van der Waals surface area (Å²) in [5, 5.41) is 0.764. The standard InChI is InChI=1S/C13H13Cl/c1-3-11(2)5-4-6-12-7-9-13(14)10-8-12/h3-10H,1H2,2H3/b6-4+,11-5-. The number of benzene rings is 1. The smallest absolute Gasteiger partial charge is 0.0406 e. The van der Waals surface area contributed by atoms with E-state index >= 15 is 0 Å². The molecule has 1 aromatic rings. The van der Waals surface area contributed by atoms with Gasteiger partial charge in [-0.1, -0.05) is 60.2 Å². The normalized spacial score (nSPS) is 12.0. The van der Waals surface area contributed by atoms with Crippen molar-refractivity contribution >= 4 is 17.7 Å². The van der Waals surface area contributed by atoms with Crippen LogP contribution in [0, 0.1) is 0 Å². The predicted molar refractivity (Wildman–Crippen MR) is 64.4 cm³/mol. The Morgan fingerprint density at radius 2 is 1.93 bits per heavy atom. The van der Waals surface area contributed by atoms with Gasteiger partial charge in [-0.3, -0.25) is 0 Å². The van der Waals surface area contributed by atoms with E-state index in [1.165, 1.54) is 0 Å². The van der Waals surface area contributed by atoms with Gasteiger partial charge in [0.25, 0.3) is 0 Å². The molecule has 0 N–H and O–H groups in total. The average Bonchev–Trinajstić information content (AvgIpc) is 2.21. The lowest BCUT2D eigenvalue weighted by molar-refractivity contribution is 1.54. The van der Waals surface area contributed by atoms with Crippen LogP contribution in [0.25, 0.3) is 6.08 Å². The molecule has 0 aromatic heterocycles. The van der Waals surface area contributed by atoms with Crippen molar-refractivity contribution in [2.45, 2.75) is 6.92 Å². The van der Waals surface area contributed by atoms with E-state index in [1.807, 2.05) is 55.5 Å². The molecular formula is C13H13Cl. The molecule has 1 heteroatoms. The zero-order valence-electron chi connectivity index (χ0n) is 8.20. The summed E-state index contributed by atoms with van der Waals surface area (Å²) in [5.41, 5.74) is 2.29. The molecule has 0 aliphatic carbocycles. The van der Waals surface area contributed by atoms with E-state index in [1.54, 1.807) is 0 Å². The summed E-state index contributed by atoms with van der Waals surface area (Å²) in [5.74, 6) is 0. The van der Waals surface area contributed by atoms with Crippen molar-refractivity contribution in [1.82, 2.24) is 0 Å². The highest BCUT2D eigenvalue weighted by Gasteiger charge is 1.86. The minimum atomic E-state index is 0.764. The van der Waals surface area contributed by atoms with Gasteiger partial charge in [-0.25, -0.2) is 0 Å². The van der Waals surface area contributed by atoms with E-state index in [2.05, 4.69) is 6.58 Å². The molecule has 0 radical (unpaired) electrons. The molecule has 0 fully saturated rings. The summed E-state index contributed by atoms with van der Waals surface area (Å²) in [6.45, 7) is 5.69. The van der Waals surface area contributed by atoms with Gasteiger partial charge in [-0.2, -0.15) is 0 Å². The molecule has 0 amide bonds. The zero-order valence-corrected chi connectivity index (χ0v) is 8.96. The Hall–Kier alpha value is -1.27. The zero-order chi connectivity index (χ0) is 10.4. The first kappa shape index (κ1) is 10.8. The second-order valence-corrected chi connectivity index (χ2v) is 3.46. The molecule has 0 spiro atoms. The third-order valence-corrected chi connectivity index (χ3v) is 2.09.